The monoisotopic (exact) mass is 178 g/mol. The summed E-state index contributed by atoms with van der Waals surface area (Å²) in [7, 11) is 0. The number of aliphatic hydroxyl groups excluding tert-OH is 1. The number of aliphatic hydroxyl groups is 3. The van der Waals surface area contributed by atoms with Gasteiger partial charge >= 0.3 is 43.7 Å². The molecule has 6 heteroatoms. The van der Waals surface area contributed by atoms with E-state index in [1.165, 1.54) is 0 Å². The van der Waals surface area contributed by atoms with Gasteiger partial charge in [-0.05, 0) is 6.92 Å². The molecule has 58 valence electrons. The second-order valence-corrected chi connectivity index (χ2v) is 1.71. The fourth-order valence-electron chi connectivity index (χ4n) is 0.179. The zero-order chi connectivity index (χ0) is 7.65. The summed E-state index contributed by atoms with van der Waals surface area (Å²) in [6.45, 7) is 0.966. The summed E-state index contributed by atoms with van der Waals surface area (Å²) in [6.07, 6.45) is -1.70. The van der Waals surface area contributed by atoms with Crippen molar-refractivity contribution < 1.29 is 25.2 Å². The molecule has 10 heavy (non-hydrogen) atoms. The number of carboxylic acids is 1. The van der Waals surface area contributed by atoms with Crippen LogP contribution >= 0.6 is 0 Å². The van der Waals surface area contributed by atoms with E-state index in [2.05, 4.69) is 0 Å². The summed E-state index contributed by atoms with van der Waals surface area (Å²) in [6, 6.07) is 0. The second kappa shape index (κ2) is 4.48. The van der Waals surface area contributed by atoms with Gasteiger partial charge in [-0.3, -0.25) is 0 Å². The van der Waals surface area contributed by atoms with Crippen LogP contribution in [0.15, 0.2) is 0 Å². The normalized spacial score (nSPS) is 13.6. The molecule has 0 saturated heterocycles. The van der Waals surface area contributed by atoms with Crippen molar-refractivity contribution in [3.63, 3.8) is 0 Å². The molecule has 0 aliphatic heterocycles. The first kappa shape index (κ1) is 13.2. The van der Waals surface area contributed by atoms with Gasteiger partial charge in [-0.15, -0.1) is 0 Å². The van der Waals surface area contributed by atoms with Crippen molar-refractivity contribution in [2.75, 3.05) is 0 Å². The predicted octanol–water partition coefficient (Wildman–Crippen LogP) is -2.78. The van der Waals surface area contributed by atoms with E-state index in [0.29, 0.717) is 0 Å². The van der Waals surface area contributed by atoms with Crippen LogP contribution in [0.2, 0.25) is 0 Å². The van der Waals surface area contributed by atoms with Crippen LogP contribution < -0.4 is 0 Å². The summed E-state index contributed by atoms with van der Waals surface area (Å²) >= 11 is 0. The zero-order valence-corrected chi connectivity index (χ0v) is 4.77. The molecule has 0 fully saturated rings. The van der Waals surface area contributed by atoms with Gasteiger partial charge in [0.2, 0.25) is 0 Å². The molecule has 0 aromatic heterocycles. The van der Waals surface area contributed by atoms with Gasteiger partial charge in [-0.2, -0.15) is 0 Å². The molecule has 5 nitrogen and oxygen atoms in total. The Morgan fingerprint density at radius 2 is 1.80 bits per heavy atom. The van der Waals surface area contributed by atoms with Gasteiger partial charge in [-0.1, -0.05) is 0 Å². The summed E-state index contributed by atoms with van der Waals surface area (Å²) in [4.78, 5) is 9.80. The number of aliphatic carboxylic acids is 1. The molecule has 1 atom stereocenters. The summed E-state index contributed by atoms with van der Waals surface area (Å²) in [5, 5.41) is 33.1. The summed E-state index contributed by atoms with van der Waals surface area (Å²) in [5.74, 6) is -4.89. The Bertz CT molecular complexity index is 121. The van der Waals surface area contributed by atoms with Crippen LogP contribution in [0, 0.1) is 0 Å². The van der Waals surface area contributed by atoms with Crippen LogP contribution in [0.5, 0.6) is 0 Å². The summed E-state index contributed by atoms with van der Waals surface area (Å²) in [5.41, 5.74) is 0. The van der Waals surface area contributed by atoms with E-state index in [-0.39, 0.29) is 37.7 Å². The van der Waals surface area contributed by atoms with Gasteiger partial charge in [0.1, 0.15) is 6.10 Å². The van der Waals surface area contributed by atoms with Gasteiger partial charge in [-0.25, -0.2) is 4.79 Å². The Labute approximate surface area is 87.3 Å². The van der Waals surface area contributed by atoms with E-state index in [9.17, 15) is 4.79 Å². The third-order valence-corrected chi connectivity index (χ3v) is 0.897. The van der Waals surface area contributed by atoms with Gasteiger partial charge in [0.05, 0.1) is 0 Å². The maximum atomic E-state index is 9.80. The second-order valence-electron chi connectivity index (χ2n) is 1.71. The van der Waals surface area contributed by atoms with Crippen molar-refractivity contribution in [2.45, 2.75) is 18.8 Å². The Kier molecular flexibility index (Phi) is 5.92. The van der Waals surface area contributed by atoms with E-state index in [0.717, 1.165) is 6.92 Å². The predicted molar refractivity (Wildman–Crippen MR) is 35.0 cm³/mol. The molecule has 0 aliphatic carbocycles. The molecule has 0 heterocycles. The van der Waals surface area contributed by atoms with Crippen molar-refractivity contribution in [1.82, 2.24) is 0 Å². The van der Waals surface area contributed by atoms with Crippen molar-refractivity contribution in [3.8, 4) is 0 Å². The fourth-order valence-corrected chi connectivity index (χ4v) is 0.179. The first-order valence-corrected chi connectivity index (χ1v) is 2.25. The third kappa shape index (κ3) is 3.14. The van der Waals surface area contributed by atoms with E-state index in [1.54, 1.807) is 0 Å². The van der Waals surface area contributed by atoms with Crippen LogP contribution in [0.1, 0.15) is 6.92 Å². The Hall–Kier alpha value is 0.610. The first-order valence-electron chi connectivity index (χ1n) is 2.25. The van der Waals surface area contributed by atoms with Gasteiger partial charge < -0.3 is 20.4 Å². The average molecular weight is 178 g/mol. The van der Waals surface area contributed by atoms with Crippen LogP contribution in [-0.4, -0.2) is 76.0 Å². The topological polar surface area (TPSA) is 98.0 Å². The van der Waals surface area contributed by atoms with Crippen molar-refractivity contribution >= 4 is 43.7 Å². The van der Waals surface area contributed by atoms with Crippen LogP contribution in [0.25, 0.3) is 0 Å². The van der Waals surface area contributed by atoms with E-state index in [1.807, 2.05) is 0 Å². The van der Waals surface area contributed by atoms with E-state index < -0.39 is 17.9 Å². The minimum absolute atomic E-state index is 0. The molecule has 0 radical (unpaired) electrons. The molecule has 1 unspecified atom stereocenters. The molecular weight excluding hydrogens is 168 g/mol. The van der Waals surface area contributed by atoms with Crippen LogP contribution in [-0.2, 0) is 4.79 Å². The Balaban J connectivity index is 0. The van der Waals surface area contributed by atoms with Gasteiger partial charge in [0.25, 0.3) is 5.79 Å². The molecule has 0 saturated carbocycles. The van der Waals surface area contributed by atoms with Gasteiger partial charge in [0.15, 0.2) is 0 Å². The molecule has 0 aromatic rings. The standard InChI is InChI=1S/C4H8O5.Ca.2H/c1-2(5)4(8,9)3(6)7;;;/h2,5,8-9H,1H3,(H,6,7);;;. The number of carbonyl (C=O) groups is 1. The molecule has 0 rings (SSSR count). The average Bonchev–Trinajstić information content (AvgIpc) is 1.65. The summed E-state index contributed by atoms with van der Waals surface area (Å²) < 4.78 is 0. The maximum absolute atomic E-state index is 9.80. The van der Waals surface area contributed by atoms with E-state index in [4.69, 9.17) is 20.4 Å². The minimum atomic E-state index is -3.03. The molecule has 0 amide bonds. The zero-order valence-electron chi connectivity index (χ0n) is 4.77. The first-order chi connectivity index (χ1) is 3.89. The number of hydrogen-bond donors (Lipinski definition) is 4. The Morgan fingerprint density at radius 1 is 1.50 bits per heavy atom. The molecule has 0 bridgehead atoms. The number of carboxylic acid groups (broad SMARTS) is 1. The van der Waals surface area contributed by atoms with Gasteiger partial charge in [0, 0.05) is 0 Å². The Morgan fingerprint density at radius 3 is 1.80 bits per heavy atom. The van der Waals surface area contributed by atoms with Crippen LogP contribution in [0.3, 0.4) is 0 Å². The van der Waals surface area contributed by atoms with Crippen molar-refractivity contribution in [3.05, 3.63) is 0 Å². The number of rotatable bonds is 2. The molecule has 0 aromatic carbocycles. The molecule has 0 spiro atoms. The third-order valence-electron chi connectivity index (χ3n) is 0.897. The SMILES string of the molecule is CC(O)C(O)(O)C(=O)O.[CaH2]. The molecule has 0 aliphatic rings. The van der Waals surface area contributed by atoms with Crippen LogP contribution in [0.4, 0.5) is 0 Å². The van der Waals surface area contributed by atoms with Crippen molar-refractivity contribution in [1.29, 1.82) is 0 Å². The quantitative estimate of drug-likeness (QED) is 0.271. The molecular formula is C4H10CaO5. The van der Waals surface area contributed by atoms with Crippen molar-refractivity contribution in [2.24, 2.45) is 0 Å². The fraction of sp³-hybridized carbons (Fsp3) is 0.750. The molecule has 4 N–H and O–H groups in total. The number of hydrogen-bond acceptors (Lipinski definition) is 4. The van der Waals surface area contributed by atoms with E-state index >= 15 is 0 Å².